The SMILES string of the molecule is CC(=O)n1cc([C@@H](N)C2CCCCC2)c2ccccc21.Cl. The quantitative estimate of drug-likeness (QED) is 0.899. The summed E-state index contributed by atoms with van der Waals surface area (Å²) in [5.41, 5.74) is 8.63. The molecule has 1 aliphatic carbocycles. The molecular weight excluding hydrogens is 284 g/mol. The summed E-state index contributed by atoms with van der Waals surface area (Å²) in [6.07, 6.45) is 8.26. The average molecular weight is 307 g/mol. The summed E-state index contributed by atoms with van der Waals surface area (Å²) >= 11 is 0. The van der Waals surface area contributed by atoms with Crippen LogP contribution in [0.3, 0.4) is 0 Å². The fraction of sp³-hybridized carbons (Fsp3) is 0.471. The Labute approximate surface area is 131 Å². The van der Waals surface area contributed by atoms with Crippen molar-refractivity contribution in [1.29, 1.82) is 0 Å². The first-order chi connectivity index (χ1) is 9.68. The van der Waals surface area contributed by atoms with E-state index in [1.807, 2.05) is 24.4 Å². The molecule has 0 bridgehead atoms. The lowest BCUT2D eigenvalue weighted by Gasteiger charge is -2.27. The molecule has 1 heterocycles. The molecule has 0 radical (unpaired) electrons. The van der Waals surface area contributed by atoms with Crippen LogP contribution in [0.25, 0.3) is 10.9 Å². The highest BCUT2D eigenvalue weighted by molar-refractivity contribution is 5.93. The van der Waals surface area contributed by atoms with Gasteiger partial charge in [0.25, 0.3) is 0 Å². The molecule has 3 nitrogen and oxygen atoms in total. The number of carbonyl (C=O) groups excluding carboxylic acids is 1. The number of nitrogens with zero attached hydrogens (tertiary/aromatic N) is 1. The van der Waals surface area contributed by atoms with Crippen molar-refractivity contribution in [2.75, 3.05) is 0 Å². The molecule has 1 aromatic heterocycles. The van der Waals surface area contributed by atoms with Crippen molar-refractivity contribution < 1.29 is 4.79 Å². The maximum Gasteiger partial charge on any atom is 0.227 e. The Bertz CT molecular complexity index is 629. The van der Waals surface area contributed by atoms with Crippen molar-refractivity contribution in [3.63, 3.8) is 0 Å². The van der Waals surface area contributed by atoms with Gasteiger partial charge in [-0.25, -0.2) is 0 Å². The molecule has 1 aromatic carbocycles. The van der Waals surface area contributed by atoms with Crippen LogP contribution >= 0.6 is 12.4 Å². The van der Waals surface area contributed by atoms with Crippen LogP contribution < -0.4 is 5.73 Å². The highest BCUT2D eigenvalue weighted by Crippen LogP contribution is 2.36. The van der Waals surface area contributed by atoms with Gasteiger partial charge in [0.1, 0.15) is 0 Å². The van der Waals surface area contributed by atoms with E-state index in [-0.39, 0.29) is 24.4 Å². The van der Waals surface area contributed by atoms with Gasteiger partial charge >= 0.3 is 0 Å². The molecule has 21 heavy (non-hydrogen) atoms. The fourth-order valence-corrected chi connectivity index (χ4v) is 3.48. The van der Waals surface area contributed by atoms with Crippen LogP contribution in [0.15, 0.2) is 30.5 Å². The molecule has 1 aliphatic rings. The number of aromatic nitrogens is 1. The summed E-state index contributed by atoms with van der Waals surface area (Å²) in [4.78, 5) is 11.8. The summed E-state index contributed by atoms with van der Waals surface area (Å²) < 4.78 is 1.73. The van der Waals surface area contributed by atoms with Gasteiger partial charge in [0.05, 0.1) is 5.52 Å². The summed E-state index contributed by atoms with van der Waals surface area (Å²) in [6, 6.07) is 8.10. The second kappa shape index (κ2) is 6.63. The van der Waals surface area contributed by atoms with E-state index in [1.54, 1.807) is 11.5 Å². The standard InChI is InChI=1S/C17H22N2O.ClH/c1-12(20)19-11-15(14-9-5-6-10-16(14)19)17(18)13-7-3-2-4-8-13;/h5-6,9-11,13,17H,2-4,7-8,18H2,1H3;1H/t17-;/m0./s1. The second-order valence-corrected chi connectivity index (χ2v) is 5.91. The molecule has 1 atom stereocenters. The molecule has 0 unspecified atom stereocenters. The molecule has 1 saturated carbocycles. The number of halogens is 1. The molecule has 114 valence electrons. The summed E-state index contributed by atoms with van der Waals surface area (Å²) in [7, 11) is 0. The number of para-hydroxylation sites is 1. The first-order valence-electron chi connectivity index (χ1n) is 7.55. The van der Waals surface area contributed by atoms with Crippen LogP contribution in [-0.4, -0.2) is 10.5 Å². The van der Waals surface area contributed by atoms with Crippen molar-refractivity contribution in [3.05, 3.63) is 36.0 Å². The van der Waals surface area contributed by atoms with Crippen molar-refractivity contribution in [1.82, 2.24) is 4.57 Å². The van der Waals surface area contributed by atoms with E-state index in [1.165, 1.54) is 32.1 Å². The zero-order valence-corrected chi connectivity index (χ0v) is 13.2. The van der Waals surface area contributed by atoms with Gasteiger partial charge in [-0.15, -0.1) is 12.4 Å². The molecule has 1 fully saturated rings. The third kappa shape index (κ3) is 2.99. The predicted octanol–water partition coefficient (Wildman–Crippen LogP) is 4.30. The number of nitrogens with two attached hydrogens (primary N) is 1. The third-order valence-electron chi connectivity index (χ3n) is 4.60. The summed E-state index contributed by atoms with van der Waals surface area (Å²) in [5.74, 6) is 0.596. The second-order valence-electron chi connectivity index (χ2n) is 5.91. The lowest BCUT2D eigenvalue weighted by Crippen LogP contribution is -2.23. The molecule has 3 rings (SSSR count). The molecule has 2 aromatic rings. The number of hydrogen-bond donors (Lipinski definition) is 1. The normalized spacial score (nSPS) is 17.4. The van der Waals surface area contributed by atoms with Gasteiger partial charge in [0.15, 0.2) is 0 Å². The molecular formula is C17H23ClN2O. The first kappa shape index (κ1) is 16.1. The van der Waals surface area contributed by atoms with Crippen molar-refractivity contribution in [2.24, 2.45) is 11.7 Å². The van der Waals surface area contributed by atoms with E-state index in [0.29, 0.717) is 5.92 Å². The van der Waals surface area contributed by atoms with E-state index < -0.39 is 0 Å². The lowest BCUT2D eigenvalue weighted by atomic mass is 9.81. The van der Waals surface area contributed by atoms with Gasteiger partial charge in [-0.3, -0.25) is 9.36 Å². The molecule has 0 spiro atoms. The Morgan fingerprint density at radius 2 is 1.90 bits per heavy atom. The van der Waals surface area contributed by atoms with E-state index in [0.717, 1.165) is 16.5 Å². The number of hydrogen-bond acceptors (Lipinski definition) is 2. The van der Waals surface area contributed by atoms with Gasteiger partial charge in [0.2, 0.25) is 5.91 Å². The van der Waals surface area contributed by atoms with Crippen LogP contribution in [0.1, 0.15) is 55.4 Å². The van der Waals surface area contributed by atoms with Gasteiger partial charge < -0.3 is 5.73 Å². The van der Waals surface area contributed by atoms with Gasteiger partial charge in [-0.05, 0) is 30.4 Å². The summed E-state index contributed by atoms with van der Waals surface area (Å²) in [6.45, 7) is 1.60. The van der Waals surface area contributed by atoms with E-state index in [4.69, 9.17) is 5.73 Å². The van der Waals surface area contributed by atoms with Crippen LogP contribution in [-0.2, 0) is 0 Å². The Hall–Kier alpha value is -1.32. The third-order valence-corrected chi connectivity index (χ3v) is 4.60. The molecule has 2 N–H and O–H groups in total. The Kier molecular flexibility index (Phi) is 5.07. The number of carbonyl (C=O) groups is 1. The average Bonchev–Trinajstić information content (AvgIpc) is 2.87. The topological polar surface area (TPSA) is 48.0 Å². The largest absolute Gasteiger partial charge is 0.324 e. The predicted molar refractivity (Wildman–Crippen MR) is 89.0 cm³/mol. The minimum atomic E-state index is 0. The fourth-order valence-electron chi connectivity index (χ4n) is 3.48. The highest BCUT2D eigenvalue weighted by Gasteiger charge is 2.25. The van der Waals surface area contributed by atoms with E-state index in [9.17, 15) is 4.79 Å². The Balaban J connectivity index is 0.00000161. The minimum absolute atomic E-state index is 0. The maximum absolute atomic E-state index is 11.8. The summed E-state index contributed by atoms with van der Waals surface area (Å²) in [5, 5.41) is 1.13. The zero-order chi connectivity index (χ0) is 14.1. The minimum Gasteiger partial charge on any atom is -0.324 e. The number of rotatable bonds is 2. The lowest BCUT2D eigenvalue weighted by molar-refractivity contribution is 0.0941. The van der Waals surface area contributed by atoms with Crippen molar-refractivity contribution >= 4 is 29.2 Å². The van der Waals surface area contributed by atoms with E-state index >= 15 is 0 Å². The van der Waals surface area contributed by atoms with Crippen molar-refractivity contribution in [2.45, 2.75) is 45.1 Å². The smallest absolute Gasteiger partial charge is 0.227 e. The van der Waals surface area contributed by atoms with Gasteiger partial charge in [-0.2, -0.15) is 0 Å². The Morgan fingerprint density at radius 3 is 2.57 bits per heavy atom. The number of benzene rings is 1. The Morgan fingerprint density at radius 1 is 1.24 bits per heavy atom. The maximum atomic E-state index is 11.8. The van der Waals surface area contributed by atoms with Crippen LogP contribution in [0.4, 0.5) is 0 Å². The first-order valence-corrected chi connectivity index (χ1v) is 7.55. The molecule has 0 saturated heterocycles. The van der Waals surface area contributed by atoms with Gasteiger partial charge in [-0.1, -0.05) is 37.5 Å². The highest BCUT2D eigenvalue weighted by atomic mass is 35.5. The van der Waals surface area contributed by atoms with Crippen LogP contribution in [0.5, 0.6) is 0 Å². The van der Waals surface area contributed by atoms with Crippen LogP contribution in [0.2, 0.25) is 0 Å². The molecule has 0 aliphatic heterocycles. The number of fused-ring (bicyclic) bond motifs is 1. The molecule has 0 amide bonds. The monoisotopic (exact) mass is 306 g/mol. The van der Waals surface area contributed by atoms with E-state index in [2.05, 4.69) is 6.07 Å². The van der Waals surface area contributed by atoms with Gasteiger partial charge in [0, 0.05) is 24.5 Å². The van der Waals surface area contributed by atoms with Crippen molar-refractivity contribution in [3.8, 4) is 0 Å². The zero-order valence-electron chi connectivity index (χ0n) is 12.4. The van der Waals surface area contributed by atoms with Crippen LogP contribution in [0, 0.1) is 5.92 Å². The molecule has 4 heteroatoms.